The van der Waals surface area contributed by atoms with E-state index >= 15 is 0 Å². The predicted octanol–water partition coefficient (Wildman–Crippen LogP) is 1.52. The fraction of sp³-hybridized carbons (Fsp3) is 0.778. The van der Waals surface area contributed by atoms with Crippen molar-refractivity contribution in [3.8, 4) is 6.07 Å². The summed E-state index contributed by atoms with van der Waals surface area (Å²) in [5, 5.41) is 8.44. The summed E-state index contributed by atoms with van der Waals surface area (Å²) < 4.78 is 5.01. The Morgan fingerprint density at radius 2 is 2.31 bits per heavy atom. The zero-order chi connectivity index (χ0) is 10.1. The number of hydrogen-bond acceptors (Lipinski definition) is 3. The van der Waals surface area contributed by atoms with E-state index in [2.05, 4.69) is 0 Å². The van der Waals surface area contributed by atoms with Crippen LogP contribution in [0.25, 0.3) is 0 Å². The summed E-state index contributed by atoms with van der Waals surface area (Å²) in [6, 6.07) is 2.00. The minimum atomic E-state index is -0.312. The number of cyclic esters (lactones) is 1. The number of ether oxygens (including phenoxy) is 1. The van der Waals surface area contributed by atoms with Crippen molar-refractivity contribution in [2.45, 2.75) is 38.8 Å². The molecule has 0 N–H and O–H groups in total. The van der Waals surface area contributed by atoms with Crippen LogP contribution in [0.3, 0.4) is 0 Å². The fourth-order valence-corrected chi connectivity index (χ4v) is 1.28. The van der Waals surface area contributed by atoms with Crippen LogP contribution in [-0.2, 0) is 4.74 Å². The lowest BCUT2D eigenvalue weighted by Crippen LogP contribution is -2.42. The quantitative estimate of drug-likeness (QED) is 0.617. The SMILES string of the molecule is CC(C)(C)N1CC(CC#N)OC1=O. The molecule has 1 saturated heterocycles. The van der Waals surface area contributed by atoms with Crippen LogP contribution < -0.4 is 0 Å². The van der Waals surface area contributed by atoms with E-state index in [1.807, 2.05) is 26.8 Å². The van der Waals surface area contributed by atoms with Crippen molar-refractivity contribution in [2.75, 3.05) is 6.54 Å². The Kier molecular flexibility index (Phi) is 2.46. The summed E-state index contributed by atoms with van der Waals surface area (Å²) in [7, 11) is 0. The zero-order valence-electron chi connectivity index (χ0n) is 8.20. The van der Waals surface area contributed by atoms with Gasteiger partial charge in [-0.3, -0.25) is 4.90 Å². The van der Waals surface area contributed by atoms with E-state index in [0.29, 0.717) is 6.54 Å². The number of nitrogens with zero attached hydrogens (tertiary/aromatic N) is 2. The van der Waals surface area contributed by atoms with Gasteiger partial charge in [-0.1, -0.05) is 0 Å². The molecule has 1 aliphatic heterocycles. The van der Waals surface area contributed by atoms with Crippen LogP contribution in [0, 0.1) is 11.3 Å². The maximum Gasteiger partial charge on any atom is 0.410 e. The molecule has 4 nitrogen and oxygen atoms in total. The summed E-state index contributed by atoms with van der Waals surface area (Å²) in [6.07, 6.45) is -0.289. The van der Waals surface area contributed by atoms with Crippen LogP contribution >= 0.6 is 0 Å². The molecule has 1 unspecified atom stereocenters. The molecule has 0 saturated carbocycles. The molecule has 4 heteroatoms. The highest BCUT2D eigenvalue weighted by Gasteiger charge is 2.37. The number of carbonyl (C=O) groups is 1. The third-order valence-electron chi connectivity index (χ3n) is 2.00. The first kappa shape index (κ1) is 9.85. The molecular weight excluding hydrogens is 168 g/mol. The molecule has 1 rings (SSSR count). The van der Waals surface area contributed by atoms with E-state index in [4.69, 9.17) is 10.00 Å². The first-order chi connectivity index (χ1) is 5.95. The number of carbonyl (C=O) groups excluding carboxylic acids is 1. The highest BCUT2D eigenvalue weighted by Crippen LogP contribution is 2.22. The molecule has 1 fully saturated rings. The minimum Gasteiger partial charge on any atom is -0.443 e. The van der Waals surface area contributed by atoms with E-state index in [1.54, 1.807) is 4.90 Å². The molecule has 1 atom stereocenters. The molecule has 1 heterocycles. The van der Waals surface area contributed by atoms with Crippen LogP contribution in [0.4, 0.5) is 4.79 Å². The smallest absolute Gasteiger partial charge is 0.410 e. The largest absolute Gasteiger partial charge is 0.443 e. The van der Waals surface area contributed by atoms with Crippen molar-refractivity contribution in [1.29, 1.82) is 5.26 Å². The summed E-state index contributed by atoms with van der Waals surface area (Å²) in [5.41, 5.74) is -0.221. The Bertz CT molecular complexity index is 249. The van der Waals surface area contributed by atoms with Gasteiger partial charge in [-0.25, -0.2) is 4.79 Å². The standard InChI is InChI=1S/C9H14N2O2/c1-9(2,3)11-6-7(4-5-10)13-8(11)12/h7H,4,6H2,1-3H3. The summed E-state index contributed by atoms with van der Waals surface area (Å²) >= 11 is 0. The second kappa shape index (κ2) is 3.25. The van der Waals surface area contributed by atoms with E-state index in [0.717, 1.165) is 0 Å². The Hall–Kier alpha value is -1.24. The van der Waals surface area contributed by atoms with E-state index in [9.17, 15) is 4.79 Å². The highest BCUT2D eigenvalue weighted by molar-refractivity contribution is 5.70. The lowest BCUT2D eigenvalue weighted by Gasteiger charge is -2.29. The van der Waals surface area contributed by atoms with Gasteiger partial charge in [0.2, 0.25) is 0 Å². The second-order valence-electron chi connectivity index (χ2n) is 4.15. The monoisotopic (exact) mass is 182 g/mol. The fourth-order valence-electron chi connectivity index (χ4n) is 1.28. The van der Waals surface area contributed by atoms with Crippen molar-refractivity contribution in [3.05, 3.63) is 0 Å². The maximum absolute atomic E-state index is 11.3. The van der Waals surface area contributed by atoms with Gasteiger partial charge in [-0.15, -0.1) is 0 Å². The van der Waals surface area contributed by atoms with Gasteiger partial charge in [0.1, 0.15) is 6.10 Å². The number of nitriles is 1. The van der Waals surface area contributed by atoms with Crippen molar-refractivity contribution in [1.82, 2.24) is 4.90 Å². The molecule has 0 aliphatic carbocycles. The van der Waals surface area contributed by atoms with Gasteiger partial charge in [-0.05, 0) is 20.8 Å². The zero-order valence-corrected chi connectivity index (χ0v) is 8.20. The first-order valence-electron chi connectivity index (χ1n) is 4.30. The van der Waals surface area contributed by atoms with Crippen molar-refractivity contribution >= 4 is 6.09 Å². The molecule has 0 aromatic heterocycles. The van der Waals surface area contributed by atoms with Gasteiger partial charge in [0.05, 0.1) is 19.0 Å². The number of hydrogen-bond donors (Lipinski definition) is 0. The van der Waals surface area contributed by atoms with E-state index in [-0.39, 0.29) is 24.2 Å². The summed E-state index contributed by atoms with van der Waals surface area (Å²) in [5.74, 6) is 0. The highest BCUT2D eigenvalue weighted by atomic mass is 16.6. The lowest BCUT2D eigenvalue weighted by molar-refractivity contribution is 0.121. The van der Waals surface area contributed by atoms with Gasteiger partial charge in [0, 0.05) is 5.54 Å². The normalized spacial score (nSPS) is 22.8. The molecule has 0 spiro atoms. The molecule has 0 radical (unpaired) electrons. The van der Waals surface area contributed by atoms with Crippen LogP contribution in [0.1, 0.15) is 27.2 Å². The van der Waals surface area contributed by atoms with Crippen LogP contribution in [0.5, 0.6) is 0 Å². The van der Waals surface area contributed by atoms with Crippen LogP contribution in [0.15, 0.2) is 0 Å². The Balaban J connectivity index is 2.63. The average molecular weight is 182 g/mol. The molecule has 1 aliphatic rings. The second-order valence-corrected chi connectivity index (χ2v) is 4.15. The Morgan fingerprint density at radius 3 is 2.69 bits per heavy atom. The van der Waals surface area contributed by atoms with Crippen molar-refractivity contribution in [2.24, 2.45) is 0 Å². The van der Waals surface area contributed by atoms with Crippen molar-refractivity contribution < 1.29 is 9.53 Å². The Labute approximate surface area is 78.1 Å². The summed E-state index contributed by atoms with van der Waals surface area (Å²) in [6.45, 7) is 6.37. The lowest BCUT2D eigenvalue weighted by atomic mass is 10.1. The predicted molar refractivity (Wildman–Crippen MR) is 47.0 cm³/mol. The maximum atomic E-state index is 11.3. The third kappa shape index (κ3) is 2.11. The molecule has 1 amide bonds. The molecule has 0 bridgehead atoms. The van der Waals surface area contributed by atoms with Gasteiger partial charge in [-0.2, -0.15) is 5.26 Å². The molecule has 0 aromatic carbocycles. The van der Waals surface area contributed by atoms with E-state index in [1.165, 1.54) is 0 Å². The van der Waals surface area contributed by atoms with Gasteiger partial charge in [0.25, 0.3) is 0 Å². The third-order valence-corrected chi connectivity index (χ3v) is 2.00. The topological polar surface area (TPSA) is 53.3 Å². The molecule has 13 heavy (non-hydrogen) atoms. The summed E-state index contributed by atoms with van der Waals surface area (Å²) in [4.78, 5) is 12.9. The van der Waals surface area contributed by atoms with Crippen LogP contribution in [-0.4, -0.2) is 29.2 Å². The number of rotatable bonds is 1. The van der Waals surface area contributed by atoms with Gasteiger partial charge < -0.3 is 4.74 Å². The minimum absolute atomic E-state index is 0.221. The van der Waals surface area contributed by atoms with Crippen LogP contribution in [0.2, 0.25) is 0 Å². The Morgan fingerprint density at radius 1 is 1.69 bits per heavy atom. The van der Waals surface area contributed by atoms with E-state index < -0.39 is 0 Å². The van der Waals surface area contributed by atoms with Gasteiger partial charge in [0.15, 0.2) is 0 Å². The number of amides is 1. The van der Waals surface area contributed by atoms with Gasteiger partial charge >= 0.3 is 6.09 Å². The van der Waals surface area contributed by atoms with Crippen molar-refractivity contribution in [3.63, 3.8) is 0 Å². The first-order valence-corrected chi connectivity index (χ1v) is 4.30. The average Bonchev–Trinajstić information content (AvgIpc) is 2.30. The molecule has 72 valence electrons. The molecule has 0 aromatic rings. The molecular formula is C9H14N2O2.